The zero-order valence-corrected chi connectivity index (χ0v) is 17.5. The van der Waals surface area contributed by atoms with E-state index in [1.807, 2.05) is 60.7 Å². The number of carbonyl (C=O) groups is 2. The van der Waals surface area contributed by atoms with Crippen molar-refractivity contribution in [2.45, 2.75) is 26.2 Å². The van der Waals surface area contributed by atoms with E-state index < -0.39 is 17.9 Å². The zero-order chi connectivity index (χ0) is 22.2. The number of carbonyl (C=O) groups excluding carboxylic acids is 2. The third-order valence-corrected chi connectivity index (χ3v) is 4.74. The Hall–Kier alpha value is -3.85. The van der Waals surface area contributed by atoms with E-state index in [9.17, 15) is 14.9 Å². The van der Waals surface area contributed by atoms with Crippen molar-refractivity contribution < 1.29 is 23.8 Å². The lowest BCUT2D eigenvalue weighted by atomic mass is 9.81. The molecular formula is C25H23NO5. The summed E-state index contributed by atoms with van der Waals surface area (Å²) < 4.78 is 16.4. The van der Waals surface area contributed by atoms with Gasteiger partial charge in [0.1, 0.15) is 17.9 Å². The zero-order valence-electron chi connectivity index (χ0n) is 17.5. The van der Waals surface area contributed by atoms with Gasteiger partial charge in [-0.2, -0.15) is 5.26 Å². The van der Waals surface area contributed by atoms with Gasteiger partial charge in [-0.1, -0.05) is 60.7 Å². The quantitative estimate of drug-likeness (QED) is 0.617. The molecule has 0 fully saturated rings. The van der Waals surface area contributed by atoms with Crippen LogP contribution in [-0.4, -0.2) is 25.2 Å². The first-order chi connectivity index (χ1) is 15.1. The number of esters is 2. The van der Waals surface area contributed by atoms with Crippen LogP contribution in [0.2, 0.25) is 0 Å². The second-order valence-electron chi connectivity index (χ2n) is 6.71. The maximum atomic E-state index is 13.0. The second-order valence-corrected chi connectivity index (χ2v) is 6.71. The van der Waals surface area contributed by atoms with Crippen molar-refractivity contribution in [2.24, 2.45) is 0 Å². The van der Waals surface area contributed by atoms with Gasteiger partial charge < -0.3 is 14.2 Å². The van der Waals surface area contributed by atoms with Crippen molar-refractivity contribution in [1.82, 2.24) is 0 Å². The summed E-state index contributed by atoms with van der Waals surface area (Å²) in [5, 5.41) is 10.1. The summed E-state index contributed by atoms with van der Waals surface area (Å²) in [7, 11) is 0. The number of ether oxygens (including phenoxy) is 3. The van der Waals surface area contributed by atoms with Gasteiger partial charge in [-0.25, -0.2) is 4.79 Å². The molecule has 0 spiro atoms. The molecule has 0 saturated carbocycles. The third-order valence-electron chi connectivity index (χ3n) is 4.74. The van der Waals surface area contributed by atoms with Gasteiger partial charge in [0.05, 0.1) is 36.3 Å². The Bertz CT molecular complexity index is 1050. The Morgan fingerprint density at radius 3 is 2.16 bits per heavy atom. The van der Waals surface area contributed by atoms with Gasteiger partial charge in [0, 0.05) is 5.56 Å². The summed E-state index contributed by atoms with van der Waals surface area (Å²) in [4.78, 5) is 25.3. The van der Waals surface area contributed by atoms with Crippen LogP contribution in [0.5, 0.6) is 0 Å². The largest absolute Gasteiger partial charge is 0.466 e. The van der Waals surface area contributed by atoms with Crippen LogP contribution in [0.25, 0.3) is 5.76 Å². The molecule has 158 valence electrons. The minimum absolute atomic E-state index is 0.128. The van der Waals surface area contributed by atoms with Crippen LogP contribution < -0.4 is 0 Å². The first kappa shape index (κ1) is 21.8. The maximum Gasteiger partial charge on any atom is 0.338 e. The average Bonchev–Trinajstić information content (AvgIpc) is 2.79. The fraction of sp³-hybridized carbons (Fsp3) is 0.240. The SMILES string of the molecule is CCOC(=O)CC1=C(C(=O)OCC)C(c2ccccc2)C(C#N)=C(c2ccccc2)O1. The molecule has 31 heavy (non-hydrogen) atoms. The van der Waals surface area contributed by atoms with E-state index in [0.717, 1.165) is 5.56 Å². The highest BCUT2D eigenvalue weighted by molar-refractivity contribution is 5.95. The third kappa shape index (κ3) is 4.84. The van der Waals surface area contributed by atoms with Gasteiger partial charge in [0.25, 0.3) is 0 Å². The van der Waals surface area contributed by atoms with Gasteiger partial charge in [-0.05, 0) is 19.4 Å². The lowest BCUT2D eigenvalue weighted by Crippen LogP contribution is -2.25. The van der Waals surface area contributed by atoms with Crippen molar-refractivity contribution in [2.75, 3.05) is 13.2 Å². The van der Waals surface area contributed by atoms with Crippen LogP contribution in [0.4, 0.5) is 0 Å². The van der Waals surface area contributed by atoms with E-state index in [2.05, 4.69) is 6.07 Å². The second kappa shape index (κ2) is 10.3. The Balaban J connectivity index is 2.24. The standard InChI is InChI=1S/C25H23NO5/c1-3-29-21(27)15-20-23(25(28)30-4-2)22(17-11-7-5-8-12-17)19(16-26)24(31-20)18-13-9-6-10-14-18/h5-14,22H,3-4,15H2,1-2H3. The highest BCUT2D eigenvalue weighted by Gasteiger charge is 2.39. The van der Waals surface area contributed by atoms with Crippen LogP contribution in [0, 0.1) is 11.3 Å². The molecule has 6 nitrogen and oxygen atoms in total. The predicted molar refractivity (Wildman–Crippen MR) is 114 cm³/mol. The minimum Gasteiger partial charge on any atom is -0.466 e. The lowest BCUT2D eigenvalue weighted by molar-refractivity contribution is -0.142. The summed E-state index contributed by atoms with van der Waals surface area (Å²) >= 11 is 0. The molecule has 2 aromatic rings. The first-order valence-corrected chi connectivity index (χ1v) is 10.1. The molecule has 0 radical (unpaired) electrons. The highest BCUT2D eigenvalue weighted by Crippen LogP contribution is 2.44. The van der Waals surface area contributed by atoms with E-state index in [-0.39, 0.29) is 36.5 Å². The van der Waals surface area contributed by atoms with Crippen molar-refractivity contribution in [3.05, 3.63) is 88.7 Å². The molecule has 0 aromatic heterocycles. The number of benzene rings is 2. The van der Waals surface area contributed by atoms with Crippen LogP contribution in [0.15, 0.2) is 77.6 Å². The van der Waals surface area contributed by atoms with Crippen LogP contribution >= 0.6 is 0 Å². The van der Waals surface area contributed by atoms with Crippen molar-refractivity contribution in [3.63, 3.8) is 0 Å². The molecule has 0 aliphatic carbocycles. The maximum absolute atomic E-state index is 13.0. The number of allylic oxidation sites excluding steroid dienone is 1. The number of nitrogens with zero attached hydrogens (tertiary/aromatic N) is 1. The molecular weight excluding hydrogens is 394 g/mol. The van der Waals surface area contributed by atoms with Gasteiger partial charge in [0.2, 0.25) is 0 Å². The topological polar surface area (TPSA) is 85.6 Å². The smallest absolute Gasteiger partial charge is 0.338 e. The van der Waals surface area contributed by atoms with Gasteiger partial charge >= 0.3 is 11.9 Å². The molecule has 0 saturated heterocycles. The normalized spacial score (nSPS) is 15.7. The summed E-state index contributed by atoms with van der Waals surface area (Å²) in [5.41, 5.74) is 1.80. The van der Waals surface area contributed by atoms with Gasteiger partial charge in [0.15, 0.2) is 0 Å². The molecule has 2 aromatic carbocycles. The molecule has 1 heterocycles. The summed E-state index contributed by atoms with van der Waals surface area (Å²) in [5.74, 6) is -1.46. The van der Waals surface area contributed by atoms with Crippen molar-refractivity contribution in [1.29, 1.82) is 5.26 Å². The molecule has 0 N–H and O–H groups in total. The predicted octanol–water partition coefficient (Wildman–Crippen LogP) is 4.51. The first-order valence-electron chi connectivity index (χ1n) is 10.1. The summed E-state index contributed by atoms with van der Waals surface area (Å²) in [6.45, 7) is 3.75. The van der Waals surface area contributed by atoms with E-state index in [1.165, 1.54) is 0 Å². The minimum atomic E-state index is -0.737. The average molecular weight is 417 g/mol. The summed E-state index contributed by atoms with van der Waals surface area (Å²) in [6, 6.07) is 20.5. The Labute approximate surface area is 181 Å². The van der Waals surface area contributed by atoms with Crippen molar-refractivity contribution in [3.8, 4) is 6.07 Å². The number of hydrogen-bond donors (Lipinski definition) is 0. The number of hydrogen-bond acceptors (Lipinski definition) is 6. The van der Waals surface area contributed by atoms with Crippen LogP contribution in [0.1, 0.15) is 37.3 Å². The lowest BCUT2D eigenvalue weighted by Gasteiger charge is -2.29. The Kier molecular flexibility index (Phi) is 7.23. The molecule has 0 bridgehead atoms. The Morgan fingerprint density at radius 2 is 1.58 bits per heavy atom. The highest BCUT2D eigenvalue weighted by atomic mass is 16.5. The Morgan fingerprint density at radius 1 is 0.968 bits per heavy atom. The van der Waals surface area contributed by atoms with E-state index in [4.69, 9.17) is 14.2 Å². The van der Waals surface area contributed by atoms with Crippen molar-refractivity contribution >= 4 is 17.7 Å². The fourth-order valence-corrected chi connectivity index (χ4v) is 3.48. The summed E-state index contributed by atoms with van der Waals surface area (Å²) in [6.07, 6.45) is -0.250. The molecule has 3 rings (SSSR count). The van der Waals surface area contributed by atoms with Crippen LogP contribution in [-0.2, 0) is 23.8 Å². The molecule has 1 unspecified atom stereocenters. The monoisotopic (exact) mass is 417 g/mol. The van der Waals surface area contributed by atoms with Gasteiger partial charge in [-0.3, -0.25) is 4.79 Å². The molecule has 0 amide bonds. The molecule has 1 aliphatic rings. The van der Waals surface area contributed by atoms with E-state index in [1.54, 1.807) is 13.8 Å². The molecule has 1 aliphatic heterocycles. The number of rotatable bonds is 7. The number of nitriles is 1. The molecule has 6 heteroatoms. The van der Waals surface area contributed by atoms with E-state index in [0.29, 0.717) is 11.3 Å². The van der Waals surface area contributed by atoms with E-state index >= 15 is 0 Å². The fourth-order valence-electron chi connectivity index (χ4n) is 3.48. The van der Waals surface area contributed by atoms with Gasteiger partial charge in [-0.15, -0.1) is 0 Å². The molecule has 1 atom stereocenters. The van der Waals surface area contributed by atoms with Crippen LogP contribution in [0.3, 0.4) is 0 Å².